The minimum Gasteiger partial charge on any atom is -0.325 e. The van der Waals surface area contributed by atoms with Crippen LogP contribution in [0.25, 0.3) is 0 Å². The summed E-state index contributed by atoms with van der Waals surface area (Å²) >= 11 is 0. The molecule has 0 saturated heterocycles. The van der Waals surface area contributed by atoms with E-state index in [0.29, 0.717) is 6.20 Å². The molecule has 16 heavy (non-hydrogen) atoms. The third-order valence-corrected chi connectivity index (χ3v) is 1.90. The van der Waals surface area contributed by atoms with E-state index in [2.05, 4.69) is 4.98 Å². The van der Waals surface area contributed by atoms with Crippen molar-refractivity contribution in [3.63, 3.8) is 0 Å². The van der Waals surface area contributed by atoms with Crippen LogP contribution < -0.4 is 5.73 Å². The maximum Gasteiger partial charge on any atom is 0.297 e. The first-order chi connectivity index (χ1) is 7.52. The Labute approximate surface area is 88.5 Å². The summed E-state index contributed by atoms with van der Waals surface area (Å²) in [6, 6.07) is 1.46. The van der Waals surface area contributed by atoms with Crippen molar-refractivity contribution in [3.8, 4) is 6.07 Å². The van der Waals surface area contributed by atoms with Gasteiger partial charge in [0.1, 0.15) is 17.8 Å². The minimum atomic E-state index is -3.12. The van der Waals surface area contributed by atoms with Crippen molar-refractivity contribution in [1.82, 2.24) is 4.98 Å². The summed E-state index contributed by atoms with van der Waals surface area (Å²) in [6.07, 6.45) is -2.44. The lowest BCUT2D eigenvalue weighted by atomic mass is 10.1. The topological polar surface area (TPSA) is 106 Å². The highest BCUT2D eigenvalue weighted by Gasteiger charge is 2.28. The molecule has 0 aliphatic rings. The molecule has 8 heteroatoms. The Morgan fingerprint density at radius 3 is 2.69 bits per heavy atom. The molecule has 0 amide bonds. The van der Waals surface area contributed by atoms with Gasteiger partial charge in [-0.25, -0.2) is 8.78 Å². The van der Waals surface area contributed by atoms with Gasteiger partial charge in [-0.2, -0.15) is 5.26 Å². The second kappa shape index (κ2) is 4.59. The number of nitriles is 1. The lowest BCUT2D eigenvalue weighted by Gasteiger charge is -2.06. The van der Waals surface area contributed by atoms with Gasteiger partial charge in [0.15, 0.2) is 0 Å². The molecule has 0 atom stereocenters. The highest BCUT2D eigenvalue weighted by Crippen LogP contribution is 2.32. The van der Waals surface area contributed by atoms with Crippen molar-refractivity contribution in [2.45, 2.75) is 13.0 Å². The fraction of sp³-hybridized carbons (Fsp3) is 0.250. The van der Waals surface area contributed by atoms with Gasteiger partial charge < -0.3 is 5.73 Å². The molecule has 1 heterocycles. The molecule has 0 spiro atoms. The zero-order valence-electron chi connectivity index (χ0n) is 7.85. The molecule has 1 rings (SSSR count). The highest BCUT2D eigenvalue weighted by molar-refractivity contribution is 5.52. The molecule has 0 saturated carbocycles. The first-order valence-electron chi connectivity index (χ1n) is 4.07. The molecule has 0 bridgehead atoms. The maximum absolute atomic E-state index is 12.6. The number of alkyl halides is 2. The summed E-state index contributed by atoms with van der Waals surface area (Å²) in [5.74, 6) is 0. The molecule has 0 fully saturated rings. The molecule has 0 aliphatic heterocycles. The molecule has 6 nitrogen and oxygen atoms in total. The number of nitrogens with two attached hydrogens (primary N) is 1. The van der Waals surface area contributed by atoms with E-state index in [-0.39, 0.29) is 12.2 Å². The van der Waals surface area contributed by atoms with E-state index in [1.165, 1.54) is 6.07 Å². The van der Waals surface area contributed by atoms with Gasteiger partial charge >= 0.3 is 0 Å². The number of pyridine rings is 1. The Morgan fingerprint density at radius 1 is 1.69 bits per heavy atom. The van der Waals surface area contributed by atoms with Crippen LogP contribution in [0.1, 0.15) is 23.2 Å². The molecule has 0 aliphatic carbocycles. The van der Waals surface area contributed by atoms with Crippen molar-refractivity contribution < 1.29 is 13.7 Å². The van der Waals surface area contributed by atoms with Crippen LogP contribution in [0, 0.1) is 21.4 Å². The van der Waals surface area contributed by atoms with Gasteiger partial charge in [-0.15, -0.1) is 0 Å². The Kier molecular flexibility index (Phi) is 3.42. The Balaban J connectivity index is 3.58. The summed E-state index contributed by atoms with van der Waals surface area (Å²) in [7, 11) is 0. The summed E-state index contributed by atoms with van der Waals surface area (Å²) in [5, 5.41) is 19.2. The minimum absolute atomic E-state index is 0.0802. The second-order valence-corrected chi connectivity index (χ2v) is 2.75. The molecular formula is C8H6F2N4O2. The number of halogens is 2. The quantitative estimate of drug-likeness (QED) is 0.619. The fourth-order valence-corrected chi connectivity index (χ4v) is 1.20. The van der Waals surface area contributed by atoms with Gasteiger partial charge in [0.05, 0.1) is 16.2 Å². The Hall–Kier alpha value is -2.14. The fourth-order valence-electron chi connectivity index (χ4n) is 1.20. The highest BCUT2D eigenvalue weighted by atomic mass is 19.3. The number of nitrogens with zero attached hydrogens (tertiary/aromatic N) is 3. The van der Waals surface area contributed by atoms with E-state index in [9.17, 15) is 18.9 Å². The molecule has 0 aromatic carbocycles. The summed E-state index contributed by atoms with van der Waals surface area (Å²) in [5.41, 5.74) is 2.79. The van der Waals surface area contributed by atoms with Gasteiger partial charge in [0, 0.05) is 6.54 Å². The molecule has 2 N–H and O–H groups in total. The lowest BCUT2D eigenvalue weighted by molar-refractivity contribution is -0.386. The van der Waals surface area contributed by atoms with Crippen LogP contribution in [-0.2, 0) is 6.54 Å². The smallest absolute Gasteiger partial charge is 0.297 e. The molecule has 0 radical (unpaired) electrons. The van der Waals surface area contributed by atoms with E-state index >= 15 is 0 Å². The molecular weight excluding hydrogens is 222 g/mol. The maximum atomic E-state index is 12.6. The first-order valence-corrected chi connectivity index (χ1v) is 4.07. The van der Waals surface area contributed by atoms with Gasteiger partial charge in [-0.05, 0) is 0 Å². The van der Waals surface area contributed by atoms with Crippen LogP contribution in [0.4, 0.5) is 14.5 Å². The SMILES string of the molecule is N#Cc1c(CN)ncc([N+](=O)[O-])c1C(F)F. The zero-order valence-corrected chi connectivity index (χ0v) is 7.85. The molecule has 84 valence electrons. The van der Waals surface area contributed by atoms with Crippen molar-refractivity contribution >= 4 is 5.69 Å². The Morgan fingerprint density at radius 2 is 2.31 bits per heavy atom. The predicted molar refractivity (Wildman–Crippen MR) is 48.5 cm³/mol. The standard InChI is InChI=1S/C8H6F2N4O2/c9-8(10)7-4(1-11)5(2-12)13-3-6(7)14(15)16/h3,8H,2,12H2. The number of rotatable bonds is 3. The van der Waals surface area contributed by atoms with Gasteiger partial charge in [0.2, 0.25) is 0 Å². The molecule has 1 aromatic heterocycles. The van der Waals surface area contributed by atoms with E-state index < -0.39 is 28.2 Å². The van der Waals surface area contributed by atoms with Crippen LogP contribution in [-0.4, -0.2) is 9.91 Å². The third kappa shape index (κ3) is 1.94. The van der Waals surface area contributed by atoms with Gasteiger partial charge in [-0.3, -0.25) is 15.1 Å². The Bertz CT molecular complexity index is 470. The van der Waals surface area contributed by atoms with Crippen LogP contribution in [0.2, 0.25) is 0 Å². The average molecular weight is 228 g/mol. The zero-order chi connectivity index (χ0) is 12.3. The summed E-state index contributed by atoms with van der Waals surface area (Å²) in [4.78, 5) is 13.0. The number of hydrogen-bond donors (Lipinski definition) is 1. The monoisotopic (exact) mass is 228 g/mol. The van der Waals surface area contributed by atoms with E-state index in [0.717, 1.165) is 0 Å². The first kappa shape index (κ1) is 11.9. The van der Waals surface area contributed by atoms with Crippen molar-refractivity contribution in [3.05, 3.63) is 33.1 Å². The number of nitro groups is 1. The molecule has 1 aromatic rings. The van der Waals surface area contributed by atoms with E-state index in [4.69, 9.17) is 11.0 Å². The number of hydrogen-bond acceptors (Lipinski definition) is 5. The predicted octanol–water partition coefficient (Wildman–Crippen LogP) is 1.26. The van der Waals surface area contributed by atoms with Crippen LogP contribution in [0.15, 0.2) is 6.20 Å². The lowest BCUT2D eigenvalue weighted by Crippen LogP contribution is -2.08. The van der Waals surface area contributed by atoms with Gasteiger partial charge in [0.25, 0.3) is 12.1 Å². The third-order valence-electron chi connectivity index (χ3n) is 1.90. The van der Waals surface area contributed by atoms with Crippen LogP contribution in [0.5, 0.6) is 0 Å². The van der Waals surface area contributed by atoms with Crippen molar-refractivity contribution in [1.29, 1.82) is 5.26 Å². The van der Waals surface area contributed by atoms with Crippen LogP contribution in [0.3, 0.4) is 0 Å². The largest absolute Gasteiger partial charge is 0.325 e. The van der Waals surface area contributed by atoms with Gasteiger partial charge in [-0.1, -0.05) is 0 Å². The summed E-state index contributed by atoms with van der Waals surface area (Å²) in [6.45, 7) is -0.236. The normalized spacial score (nSPS) is 10.2. The number of aromatic nitrogens is 1. The van der Waals surface area contributed by atoms with Crippen molar-refractivity contribution in [2.75, 3.05) is 0 Å². The van der Waals surface area contributed by atoms with E-state index in [1.54, 1.807) is 0 Å². The summed E-state index contributed by atoms with van der Waals surface area (Å²) < 4.78 is 25.3. The second-order valence-electron chi connectivity index (χ2n) is 2.75. The van der Waals surface area contributed by atoms with Crippen molar-refractivity contribution in [2.24, 2.45) is 5.73 Å². The molecule has 0 unspecified atom stereocenters. The average Bonchev–Trinajstić information content (AvgIpc) is 2.26. The van der Waals surface area contributed by atoms with E-state index in [1.807, 2.05) is 0 Å². The van der Waals surface area contributed by atoms with Crippen LogP contribution >= 0.6 is 0 Å².